The molecule has 1 saturated heterocycles. The molecule has 1 unspecified atom stereocenters. The smallest absolute Gasteiger partial charge is 0.169 e. The fraction of sp³-hybridized carbons (Fsp3) is 1.00. The Labute approximate surface area is 82.4 Å². The van der Waals surface area contributed by atoms with Crippen LogP contribution in [-0.2, 0) is 15.9 Å². The van der Waals surface area contributed by atoms with Crippen LogP contribution < -0.4 is 4.72 Å². The first kappa shape index (κ1) is 11.1. The summed E-state index contributed by atoms with van der Waals surface area (Å²) in [5, 5.41) is 0. The molecule has 1 heterocycles. The number of rotatable bonds is 5. The molecule has 78 valence electrons. The fourth-order valence-electron chi connectivity index (χ4n) is 1.35. The molecule has 1 fully saturated rings. The van der Waals surface area contributed by atoms with E-state index in [4.69, 9.17) is 4.74 Å². The monoisotopic (exact) mass is 206 g/mol. The first-order valence-corrected chi connectivity index (χ1v) is 5.84. The zero-order chi connectivity index (χ0) is 9.52. The zero-order valence-corrected chi connectivity index (χ0v) is 8.94. The van der Waals surface area contributed by atoms with Gasteiger partial charge in [0.2, 0.25) is 0 Å². The van der Waals surface area contributed by atoms with Gasteiger partial charge in [-0.05, 0) is 12.8 Å². The highest BCUT2D eigenvalue weighted by molar-refractivity contribution is 7.80. The Morgan fingerprint density at radius 3 is 2.69 bits per heavy atom. The molecule has 5 heteroatoms. The van der Waals surface area contributed by atoms with E-state index in [1.54, 1.807) is 7.11 Å². The summed E-state index contributed by atoms with van der Waals surface area (Å²) in [4.78, 5) is 0. The van der Waals surface area contributed by atoms with Crippen molar-refractivity contribution in [2.45, 2.75) is 19.3 Å². The van der Waals surface area contributed by atoms with Crippen molar-refractivity contribution < 1.29 is 8.95 Å². The average Bonchev–Trinajstić information content (AvgIpc) is 2.19. The quantitative estimate of drug-likeness (QED) is 0.657. The molecule has 0 aromatic carbocycles. The summed E-state index contributed by atoms with van der Waals surface area (Å²) in [5.41, 5.74) is 0. The van der Waals surface area contributed by atoms with Gasteiger partial charge in [-0.3, -0.25) is 0 Å². The van der Waals surface area contributed by atoms with Crippen molar-refractivity contribution in [3.63, 3.8) is 0 Å². The molecule has 0 spiro atoms. The molecule has 1 rings (SSSR count). The normalized spacial score (nSPS) is 21.6. The van der Waals surface area contributed by atoms with Gasteiger partial charge in [0, 0.05) is 26.7 Å². The number of piperidine rings is 1. The SMILES string of the molecule is COCCNS(=O)N1CCCCC1. The summed E-state index contributed by atoms with van der Waals surface area (Å²) in [5.74, 6) is 0. The third-order valence-corrected chi connectivity index (χ3v) is 3.37. The van der Waals surface area contributed by atoms with Crippen LogP contribution in [0.4, 0.5) is 0 Å². The predicted octanol–water partition coefficient (Wildman–Crippen LogP) is 0.287. The van der Waals surface area contributed by atoms with Crippen LogP contribution in [0.15, 0.2) is 0 Å². The Bertz CT molecular complexity index is 160. The number of ether oxygens (including phenoxy) is 1. The maximum Gasteiger partial charge on any atom is 0.169 e. The first-order chi connectivity index (χ1) is 6.34. The highest BCUT2D eigenvalue weighted by Crippen LogP contribution is 2.09. The van der Waals surface area contributed by atoms with Gasteiger partial charge in [0.15, 0.2) is 11.2 Å². The summed E-state index contributed by atoms with van der Waals surface area (Å²) < 4.78 is 21.3. The number of nitrogens with zero attached hydrogens (tertiary/aromatic N) is 1. The van der Waals surface area contributed by atoms with E-state index >= 15 is 0 Å². The lowest BCUT2D eigenvalue weighted by molar-refractivity contribution is 0.204. The second-order valence-electron chi connectivity index (χ2n) is 3.13. The lowest BCUT2D eigenvalue weighted by Gasteiger charge is -2.24. The van der Waals surface area contributed by atoms with Crippen molar-refractivity contribution in [3.05, 3.63) is 0 Å². The lowest BCUT2D eigenvalue weighted by Crippen LogP contribution is -2.39. The van der Waals surface area contributed by atoms with Crippen LogP contribution in [0.1, 0.15) is 19.3 Å². The van der Waals surface area contributed by atoms with E-state index in [2.05, 4.69) is 4.72 Å². The van der Waals surface area contributed by atoms with Crippen LogP contribution in [0, 0.1) is 0 Å². The molecule has 0 amide bonds. The van der Waals surface area contributed by atoms with Crippen molar-refractivity contribution in [3.8, 4) is 0 Å². The Hall–Kier alpha value is 0.0300. The van der Waals surface area contributed by atoms with E-state index in [0.29, 0.717) is 13.2 Å². The van der Waals surface area contributed by atoms with E-state index in [1.165, 1.54) is 6.42 Å². The van der Waals surface area contributed by atoms with Gasteiger partial charge >= 0.3 is 0 Å². The largest absolute Gasteiger partial charge is 0.383 e. The van der Waals surface area contributed by atoms with Crippen molar-refractivity contribution in [1.29, 1.82) is 0 Å². The van der Waals surface area contributed by atoms with Crippen molar-refractivity contribution >= 4 is 11.2 Å². The molecular formula is C8H18N2O2S. The third kappa shape index (κ3) is 4.17. The molecule has 13 heavy (non-hydrogen) atoms. The van der Waals surface area contributed by atoms with Crippen LogP contribution in [0.25, 0.3) is 0 Å². The summed E-state index contributed by atoms with van der Waals surface area (Å²) in [6.07, 6.45) is 3.60. The zero-order valence-electron chi connectivity index (χ0n) is 8.12. The average molecular weight is 206 g/mol. The summed E-state index contributed by atoms with van der Waals surface area (Å²) >= 11 is -1.00. The van der Waals surface area contributed by atoms with Gasteiger partial charge in [-0.25, -0.2) is 13.2 Å². The Morgan fingerprint density at radius 2 is 2.08 bits per heavy atom. The lowest BCUT2D eigenvalue weighted by atomic mass is 10.2. The standard InChI is InChI=1S/C8H18N2O2S/c1-12-8-5-9-13(11)10-6-3-2-4-7-10/h9H,2-8H2,1H3. The van der Waals surface area contributed by atoms with Crippen LogP contribution >= 0.6 is 0 Å². The van der Waals surface area contributed by atoms with Crippen molar-refractivity contribution in [1.82, 2.24) is 9.03 Å². The second kappa shape index (κ2) is 6.48. The number of nitrogens with one attached hydrogen (secondary N) is 1. The van der Waals surface area contributed by atoms with E-state index in [9.17, 15) is 4.21 Å². The second-order valence-corrected chi connectivity index (χ2v) is 4.43. The van der Waals surface area contributed by atoms with E-state index in [1.807, 2.05) is 4.31 Å². The molecular weight excluding hydrogens is 188 g/mol. The van der Waals surface area contributed by atoms with Gasteiger partial charge in [-0.1, -0.05) is 6.42 Å². The van der Waals surface area contributed by atoms with Crippen LogP contribution in [0.3, 0.4) is 0 Å². The predicted molar refractivity (Wildman–Crippen MR) is 53.4 cm³/mol. The van der Waals surface area contributed by atoms with Gasteiger partial charge in [0.05, 0.1) is 6.61 Å². The van der Waals surface area contributed by atoms with E-state index in [-0.39, 0.29) is 0 Å². The minimum Gasteiger partial charge on any atom is -0.383 e. The topological polar surface area (TPSA) is 41.6 Å². The van der Waals surface area contributed by atoms with Crippen LogP contribution in [0.2, 0.25) is 0 Å². The Kier molecular flexibility index (Phi) is 5.54. The summed E-state index contributed by atoms with van der Waals surface area (Å²) in [6.45, 7) is 3.17. The minimum atomic E-state index is -1.00. The van der Waals surface area contributed by atoms with Crippen LogP contribution in [0.5, 0.6) is 0 Å². The van der Waals surface area contributed by atoms with Gasteiger partial charge < -0.3 is 4.74 Å². The maximum atomic E-state index is 11.5. The molecule has 1 N–H and O–H groups in total. The molecule has 0 saturated carbocycles. The third-order valence-electron chi connectivity index (χ3n) is 2.08. The molecule has 0 radical (unpaired) electrons. The summed E-state index contributed by atoms with van der Waals surface area (Å²) in [6, 6.07) is 0. The van der Waals surface area contributed by atoms with Crippen LogP contribution in [-0.4, -0.2) is 41.9 Å². The van der Waals surface area contributed by atoms with Gasteiger partial charge in [0.1, 0.15) is 0 Å². The highest BCUT2D eigenvalue weighted by atomic mass is 32.2. The maximum absolute atomic E-state index is 11.5. The minimum absolute atomic E-state index is 0.611. The van der Waals surface area contributed by atoms with Crippen molar-refractivity contribution in [2.75, 3.05) is 33.4 Å². The molecule has 1 aliphatic rings. The molecule has 0 bridgehead atoms. The molecule has 0 aromatic rings. The first-order valence-electron chi connectivity index (χ1n) is 4.74. The highest BCUT2D eigenvalue weighted by Gasteiger charge is 2.15. The molecule has 0 aromatic heterocycles. The molecule has 1 aliphatic heterocycles. The fourth-order valence-corrected chi connectivity index (χ4v) is 2.38. The van der Waals surface area contributed by atoms with Gasteiger partial charge in [0.25, 0.3) is 0 Å². The van der Waals surface area contributed by atoms with E-state index in [0.717, 1.165) is 25.9 Å². The van der Waals surface area contributed by atoms with E-state index < -0.39 is 11.2 Å². The molecule has 0 aliphatic carbocycles. The number of hydrogen-bond donors (Lipinski definition) is 1. The number of hydrogen-bond acceptors (Lipinski definition) is 2. The summed E-state index contributed by atoms with van der Waals surface area (Å²) in [7, 11) is 1.64. The Balaban J connectivity index is 2.13. The Morgan fingerprint density at radius 1 is 1.38 bits per heavy atom. The number of methoxy groups -OCH3 is 1. The van der Waals surface area contributed by atoms with Gasteiger partial charge in [-0.2, -0.15) is 0 Å². The molecule has 1 atom stereocenters. The van der Waals surface area contributed by atoms with Crippen molar-refractivity contribution in [2.24, 2.45) is 0 Å². The van der Waals surface area contributed by atoms with Gasteiger partial charge in [-0.15, -0.1) is 0 Å². The molecule has 4 nitrogen and oxygen atoms in total.